The van der Waals surface area contributed by atoms with Crippen LogP contribution in [0.15, 0.2) is 71.7 Å². The van der Waals surface area contributed by atoms with Crippen LogP contribution >= 0.6 is 0 Å². The van der Waals surface area contributed by atoms with Gasteiger partial charge in [-0.25, -0.2) is 13.8 Å². The van der Waals surface area contributed by atoms with Gasteiger partial charge in [-0.05, 0) is 47.5 Å². The first-order valence-electron chi connectivity index (χ1n) is 9.52. The van der Waals surface area contributed by atoms with Gasteiger partial charge in [0.1, 0.15) is 48.0 Å². The van der Waals surface area contributed by atoms with E-state index in [0.29, 0.717) is 11.3 Å². The Morgan fingerprint density at radius 1 is 0.844 bits per heavy atom. The van der Waals surface area contributed by atoms with E-state index in [1.165, 1.54) is 30.3 Å². The molecular weight excluding hydrogens is 433 g/mol. The number of aliphatic imine (C=N–C) groups is 1. The molecule has 32 heavy (non-hydrogen) atoms. The van der Waals surface area contributed by atoms with Gasteiger partial charge in [0, 0.05) is 0 Å². The minimum Gasteiger partial charge on any atom is -0.491 e. The Morgan fingerprint density at radius 2 is 1.41 bits per heavy atom. The fourth-order valence-electron chi connectivity index (χ4n) is 3.12. The van der Waals surface area contributed by atoms with Crippen molar-refractivity contribution < 1.29 is 36.2 Å². The molecule has 0 radical (unpaired) electrons. The van der Waals surface area contributed by atoms with E-state index in [-0.39, 0.29) is 30.4 Å². The molecule has 0 amide bonds. The molecule has 3 aromatic rings. The van der Waals surface area contributed by atoms with Crippen molar-refractivity contribution in [2.75, 3.05) is 13.2 Å². The molecule has 1 aliphatic rings. The molecular formula is C23H16F5NO3. The summed E-state index contributed by atoms with van der Waals surface area (Å²) < 4.78 is 79.3. The summed E-state index contributed by atoms with van der Waals surface area (Å²) >= 11 is 0. The van der Waals surface area contributed by atoms with E-state index in [2.05, 4.69) is 9.73 Å². The summed E-state index contributed by atoms with van der Waals surface area (Å²) in [5, 5.41) is 0. The second kappa shape index (κ2) is 8.86. The van der Waals surface area contributed by atoms with Crippen molar-refractivity contribution in [3.8, 4) is 22.6 Å². The van der Waals surface area contributed by atoms with Crippen molar-refractivity contribution in [3.63, 3.8) is 0 Å². The predicted octanol–water partition coefficient (Wildman–Crippen LogP) is 5.75. The zero-order chi connectivity index (χ0) is 22.7. The maximum absolute atomic E-state index is 13.9. The Bertz CT molecular complexity index is 1090. The molecule has 166 valence electrons. The molecule has 4 nitrogen and oxygen atoms in total. The first kappa shape index (κ1) is 21.6. The summed E-state index contributed by atoms with van der Waals surface area (Å²) in [5.41, 5.74) is 1.18. The van der Waals surface area contributed by atoms with Crippen LogP contribution in [0.2, 0.25) is 0 Å². The Morgan fingerprint density at radius 3 is 1.97 bits per heavy atom. The van der Waals surface area contributed by atoms with E-state index >= 15 is 0 Å². The molecule has 0 aliphatic carbocycles. The van der Waals surface area contributed by atoms with Crippen molar-refractivity contribution >= 4 is 5.90 Å². The minimum absolute atomic E-state index is 0.0949. The molecule has 0 spiro atoms. The molecule has 0 bridgehead atoms. The number of ether oxygens (including phenoxy) is 3. The first-order chi connectivity index (χ1) is 15.3. The van der Waals surface area contributed by atoms with Gasteiger partial charge in [0.15, 0.2) is 0 Å². The Hall–Kier alpha value is -3.62. The maximum atomic E-state index is 13.9. The van der Waals surface area contributed by atoms with Gasteiger partial charge in [-0.15, -0.1) is 13.2 Å². The summed E-state index contributed by atoms with van der Waals surface area (Å²) in [5.74, 6) is -1.36. The standard InChI is InChI=1S/C23H16F5NO3/c24-19-2-1-3-20(25)21(19)22-29-16(13-31-22)12-30-17-8-4-14(5-9-17)15-6-10-18(11-7-15)32-23(26,27)28/h1-11,16H,12-13H2. The van der Waals surface area contributed by atoms with Gasteiger partial charge in [-0.3, -0.25) is 0 Å². The average Bonchev–Trinajstić information content (AvgIpc) is 3.20. The van der Waals surface area contributed by atoms with Crippen molar-refractivity contribution in [2.45, 2.75) is 12.4 Å². The highest BCUT2D eigenvalue weighted by atomic mass is 19.4. The van der Waals surface area contributed by atoms with E-state index in [4.69, 9.17) is 9.47 Å². The molecule has 1 unspecified atom stereocenters. The topological polar surface area (TPSA) is 40.0 Å². The van der Waals surface area contributed by atoms with Crippen LogP contribution in [0, 0.1) is 11.6 Å². The van der Waals surface area contributed by atoms with E-state index in [9.17, 15) is 22.0 Å². The van der Waals surface area contributed by atoms with Crippen LogP contribution in [-0.2, 0) is 4.74 Å². The van der Waals surface area contributed by atoms with Gasteiger partial charge >= 0.3 is 6.36 Å². The number of nitrogens with zero attached hydrogens (tertiary/aromatic N) is 1. The lowest BCUT2D eigenvalue weighted by Crippen LogP contribution is -2.17. The number of hydrogen-bond donors (Lipinski definition) is 0. The second-order valence-corrected chi connectivity index (χ2v) is 6.90. The van der Waals surface area contributed by atoms with Crippen LogP contribution in [0.5, 0.6) is 11.5 Å². The summed E-state index contributed by atoms with van der Waals surface area (Å²) in [6.45, 7) is 0.274. The third kappa shape index (κ3) is 5.16. The van der Waals surface area contributed by atoms with Crippen LogP contribution in [0.3, 0.4) is 0 Å². The monoisotopic (exact) mass is 449 g/mol. The SMILES string of the molecule is Fc1cccc(F)c1C1=NC(COc2ccc(-c3ccc(OC(F)(F)F)cc3)cc2)CO1. The Kier molecular flexibility index (Phi) is 5.98. The number of hydrogen-bond acceptors (Lipinski definition) is 4. The Balaban J connectivity index is 1.36. The number of rotatable bonds is 6. The number of benzene rings is 3. The van der Waals surface area contributed by atoms with Crippen LogP contribution in [0.1, 0.15) is 5.56 Å². The molecule has 9 heteroatoms. The first-order valence-corrected chi connectivity index (χ1v) is 9.52. The molecule has 0 saturated heterocycles. The van der Waals surface area contributed by atoms with Crippen LogP contribution in [-0.4, -0.2) is 31.5 Å². The van der Waals surface area contributed by atoms with E-state index in [1.807, 2.05) is 0 Å². The van der Waals surface area contributed by atoms with Crippen LogP contribution in [0.25, 0.3) is 11.1 Å². The quantitative estimate of drug-likeness (QED) is 0.450. The lowest BCUT2D eigenvalue weighted by Gasteiger charge is -2.11. The van der Waals surface area contributed by atoms with Gasteiger partial charge in [0.05, 0.1) is 0 Å². The smallest absolute Gasteiger partial charge is 0.491 e. The number of alkyl halides is 3. The van der Waals surface area contributed by atoms with Crippen LogP contribution in [0.4, 0.5) is 22.0 Å². The van der Waals surface area contributed by atoms with Crippen molar-refractivity contribution in [1.82, 2.24) is 0 Å². The molecule has 0 N–H and O–H groups in total. The maximum Gasteiger partial charge on any atom is 0.573 e. The third-order valence-electron chi connectivity index (χ3n) is 4.61. The summed E-state index contributed by atoms with van der Waals surface area (Å²) in [6, 6.07) is 15.5. The van der Waals surface area contributed by atoms with Crippen molar-refractivity contribution in [2.24, 2.45) is 4.99 Å². The summed E-state index contributed by atoms with van der Waals surface area (Å²) in [6.07, 6.45) is -4.74. The predicted molar refractivity (Wildman–Crippen MR) is 107 cm³/mol. The molecule has 1 aliphatic heterocycles. The fraction of sp³-hybridized carbons (Fsp3) is 0.174. The zero-order valence-electron chi connectivity index (χ0n) is 16.4. The van der Waals surface area contributed by atoms with Gasteiger partial charge in [0.25, 0.3) is 0 Å². The molecule has 0 saturated carbocycles. The molecule has 0 aromatic heterocycles. The van der Waals surface area contributed by atoms with Gasteiger partial charge in [-0.2, -0.15) is 0 Å². The highest BCUT2D eigenvalue weighted by Gasteiger charge is 2.31. The van der Waals surface area contributed by atoms with Gasteiger partial charge in [0.2, 0.25) is 5.90 Å². The Labute approximate surface area is 179 Å². The van der Waals surface area contributed by atoms with Gasteiger partial charge in [-0.1, -0.05) is 30.3 Å². The van der Waals surface area contributed by atoms with Crippen molar-refractivity contribution in [3.05, 3.63) is 83.9 Å². The number of halogens is 5. The second-order valence-electron chi connectivity index (χ2n) is 6.90. The van der Waals surface area contributed by atoms with E-state index in [1.54, 1.807) is 24.3 Å². The molecule has 1 atom stereocenters. The molecule has 4 rings (SSSR count). The highest BCUT2D eigenvalue weighted by Crippen LogP contribution is 2.28. The lowest BCUT2D eigenvalue weighted by molar-refractivity contribution is -0.274. The summed E-state index contributed by atoms with van der Waals surface area (Å²) in [4.78, 5) is 4.19. The normalized spacial score (nSPS) is 15.8. The molecule has 0 fully saturated rings. The minimum atomic E-state index is -4.74. The molecule has 1 heterocycles. The lowest BCUT2D eigenvalue weighted by atomic mass is 10.1. The van der Waals surface area contributed by atoms with E-state index < -0.39 is 24.0 Å². The van der Waals surface area contributed by atoms with Crippen LogP contribution < -0.4 is 9.47 Å². The highest BCUT2D eigenvalue weighted by molar-refractivity contribution is 5.95. The average molecular weight is 449 g/mol. The van der Waals surface area contributed by atoms with Gasteiger partial charge < -0.3 is 14.2 Å². The largest absolute Gasteiger partial charge is 0.573 e. The van der Waals surface area contributed by atoms with E-state index in [0.717, 1.165) is 17.7 Å². The zero-order valence-corrected chi connectivity index (χ0v) is 16.4. The van der Waals surface area contributed by atoms with Crippen molar-refractivity contribution in [1.29, 1.82) is 0 Å². The summed E-state index contributed by atoms with van der Waals surface area (Å²) in [7, 11) is 0. The molecule has 3 aromatic carbocycles. The fourth-order valence-corrected chi connectivity index (χ4v) is 3.12. The third-order valence-corrected chi connectivity index (χ3v) is 4.61.